The quantitative estimate of drug-likeness (QED) is 0.638. The van der Waals surface area contributed by atoms with Gasteiger partial charge in [-0.25, -0.2) is 0 Å². The third-order valence-electron chi connectivity index (χ3n) is 2.93. The maximum Gasteiger partial charge on any atom is 0.154 e. The number of para-hydroxylation sites is 1. The summed E-state index contributed by atoms with van der Waals surface area (Å²) < 4.78 is 6.39. The number of benzene rings is 2. The Kier molecular flexibility index (Phi) is 6.14. The normalized spacial score (nSPS) is 11.4. The molecule has 0 aliphatic heterocycles. The number of rotatable bonds is 5. The summed E-state index contributed by atoms with van der Waals surface area (Å²) >= 11 is 5.06. The first kappa shape index (κ1) is 15.9. The highest BCUT2D eigenvalue weighted by atomic mass is 79.9. The number of aliphatic imine (C=N–C) groups is 1. The van der Waals surface area contributed by atoms with Crippen LogP contribution in [0.1, 0.15) is 11.1 Å². The van der Waals surface area contributed by atoms with Crippen molar-refractivity contribution < 1.29 is 4.74 Å². The summed E-state index contributed by atoms with van der Waals surface area (Å²) in [6.07, 6.45) is 0. The SMILES string of the molecule is COc1ccccc1CN=C(N)SCc1ccccc1Br. The third-order valence-corrected chi connectivity index (χ3v) is 4.58. The number of hydrogen-bond acceptors (Lipinski definition) is 3. The van der Waals surface area contributed by atoms with Gasteiger partial charge in [0.15, 0.2) is 5.17 Å². The van der Waals surface area contributed by atoms with Gasteiger partial charge >= 0.3 is 0 Å². The third kappa shape index (κ3) is 4.79. The van der Waals surface area contributed by atoms with Gasteiger partial charge in [-0.3, -0.25) is 4.99 Å². The molecule has 110 valence electrons. The fourth-order valence-electron chi connectivity index (χ4n) is 1.81. The molecule has 0 spiro atoms. The van der Waals surface area contributed by atoms with E-state index in [4.69, 9.17) is 10.5 Å². The van der Waals surface area contributed by atoms with E-state index in [2.05, 4.69) is 27.0 Å². The van der Waals surface area contributed by atoms with Gasteiger partial charge in [0.05, 0.1) is 13.7 Å². The van der Waals surface area contributed by atoms with Gasteiger partial charge in [-0.05, 0) is 17.7 Å². The Hall–Kier alpha value is -1.46. The summed E-state index contributed by atoms with van der Waals surface area (Å²) in [7, 11) is 1.66. The molecule has 0 heterocycles. The van der Waals surface area contributed by atoms with Gasteiger partial charge in [-0.1, -0.05) is 64.1 Å². The molecule has 0 radical (unpaired) electrons. The molecule has 2 rings (SSSR count). The number of nitrogens with zero attached hydrogens (tertiary/aromatic N) is 1. The van der Waals surface area contributed by atoms with Crippen molar-refractivity contribution in [1.82, 2.24) is 0 Å². The van der Waals surface area contributed by atoms with Crippen LogP contribution in [-0.2, 0) is 12.3 Å². The highest BCUT2D eigenvalue weighted by Crippen LogP contribution is 2.22. The van der Waals surface area contributed by atoms with E-state index in [1.165, 1.54) is 17.3 Å². The average Bonchev–Trinajstić information content (AvgIpc) is 2.52. The number of thioether (sulfide) groups is 1. The van der Waals surface area contributed by atoms with Crippen LogP contribution in [-0.4, -0.2) is 12.3 Å². The molecule has 0 unspecified atom stereocenters. The summed E-state index contributed by atoms with van der Waals surface area (Å²) in [5.41, 5.74) is 8.21. The summed E-state index contributed by atoms with van der Waals surface area (Å²) in [5, 5.41) is 0.580. The van der Waals surface area contributed by atoms with E-state index in [9.17, 15) is 0 Å². The topological polar surface area (TPSA) is 47.6 Å². The molecule has 0 bridgehead atoms. The second kappa shape index (κ2) is 8.10. The van der Waals surface area contributed by atoms with Gasteiger partial charge in [0.1, 0.15) is 5.75 Å². The molecule has 5 heteroatoms. The lowest BCUT2D eigenvalue weighted by Gasteiger charge is -2.06. The standard InChI is InChI=1S/C16H17BrN2OS/c1-20-15-9-5-3-6-12(15)10-19-16(18)21-11-13-7-2-4-8-14(13)17/h2-9H,10-11H2,1H3,(H2,18,19). The van der Waals surface area contributed by atoms with Gasteiger partial charge in [-0.2, -0.15) is 0 Å². The molecule has 0 aliphatic rings. The van der Waals surface area contributed by atoms with Gasteiger partial charge < -0.3 is 10.5 Å². The smallest absolute Gasteiger partial charge is 0.154 e. The minimum Gasteiger partial charge on any atom is -0.496 e. The summed E-state index contributed by atoms with van der Waals surface area (Å²) in [5.74, 6) is 1.63. The Bertz CT molecular complexity index is 631. The maximum absolute atomic E-state index is 5.97. The zero-order valence-electron chi connectivity index (χ0n) is 11.8. The summed E-state index contributed by atoms with van der Waals surface area (Å²) in [6.45, 7) is 0.527. The van der Waals surface area contributed by atoms with Crippen LogP contribution in [0, 0.1) is 0 Å². The van der Waals surface area contributed by atoms with E-state index < -0.39 is 0 Å². The monoisotopic (exact) mass is 364 g/mol. The van der Waals surface area contributed by atoms with E-state index in [1.807, 2.05) is 42.5 Å². The first-order valence-corrected chi connectivity index (χ1v) is 8.26. The molecule has 21 heavy (non-hydrogen) atoms. The van der Waals surface area contributed by atoms with E-state index in [-0.39, 0.29) is 0 Å². The second-order valence-corrected chi connectivity index (χ2v) is 6.20. The van der Waals surface area contributed by atoms with Crippen molar-refractivity contribution in [2.45, 2.75) is 12.3 Å². The van der Waals surface area contributed by atoms with Crippen LogP contribution >= 0.6 is 27.7 Å². The van der Waals surface area contributed by atoms with Crippen LogP contribution < -0.4 is 10.5 Å². The first-order chi connectivity index (χ1) is 10.2. The van der Waals surface area contributed by atoms with Crippen molar-refractivity contribution in [3.8, 4) is 5.75 Å². The first-order valence-electron chi connectivity index (χ1n) is 6.48. The lowest BCUT2D eigenvalue weighted by atomic mass is 10.2. The van der Waals surface area contributed by atoms with E-state index >= 15 is 0 Å². The zero-order valence-corrected chi connectivity index (χ0v) is 14.2. The Morgan fingerprint density at radius 3 is 2.52 bits per heavy atom. The predicted octanol–water partition coefficient (Wildman–Crippen LogP) is 4.21. The minimum absolute atomic E-state index is 0.527. The van der Waals surface area contributed by atoms with E-state index in [0.717, 1.165) is 21.5 Å². The number of amidine groups is 1. The number of methoxy groups -OCH3 is 1. The van der Waals surface area contributed by atoms with Crippen LogP contribution in [0.3, 0.4) is 0 Å². The Morgan fingerprint density at radius 2 is 1.81 bits per heavy atom. The zero-order chi connectivity index (χ0) is 15.1. The van der Waals surface area contributed by atoms with Crippen LogP contribution in [0.2, 0.25) is 0 Å². The predicted molar refractivity (Wildman–Crippen MR) is 93.8 cm³/mol. The molecule has 0 aromatic heterocycles. The van der Waals surface area contributed by atoms with Crippen molar-refractivity contribution in [2.75, 3.05) is 7.11 Å². The van der Waals surface area contributed by atoms with E-state index in [1.54, 1.807) is 7.11 Å². The lowest BCUT2D eigenvalue weighted by Crippen LogP contribution is -2.07. The molecule has 0 aliphatic carbocycles. The number of hydrogen-bond donors (Lipinski definition) is 1. The Balaban J connectivity index is 1.94. The molecular formula is C16H17BrN2OS. The fourth-order valence-corrected chi connectivity index (χ4v) is 3.13. The number of halogens is 1. The molecule has 0 amide bonds. The molecule has 0 saturated carbocycles. The fraction of sp³-hybridized carbons (Fsp3) is 0.188. The Labute approximate surface area is 137 Å². The van der Waals surface area contributed by atoms with Gasteiger partial charge in [-0.15, -0.1) is 0 Å². The molecule has 2 N–H and O–H groups in total. The summed E-state index contributed by atoms with van der Waals surface area (Å²) in [4.78, 5) is 4.41. The van der Waals surface area contributed by atoms with Crippen LogP contribution in [0.25, 0.3) is 0 Å². The Morgan fingerprint density at radius 1 is 1.14 bits per heavy atom. The number of nitrogens with two attached hydrogens (primary N) is 1. The van der Waals surface area contributed by atoms with Gasteiger partial charge in [0, 0.05) is 15.8 Å². The van der Waals surface area contributed by atoms with Crippen LogP contribution in [0.15, 0.2) is 58.0 Å². The second-order valence-electron chi connectivity index (χ2n) is 4.35. The van der Waals surface area contributed by atoms with Crippen molar-refractivity contribution in [3.05, 3.63) is 64.1 Å². The molecule has 2 aromatic rings. The molecule has 0 fully saturated rings. The highest BCUT2D eigenvalue weighted by Gasteiger charge is 2.03. The summed E-state index contributed by atoms with van der Waals surface area (Å²) in [6, 6.07) is 15.9. The van der Waals surface area contributed by atoms with Crippen molar-refractivity contribution >= 4 is 32.9 Å². The van der Waals surface area contributed by atoms with Crippen molar-refractivity contribution in [1.29, 1.82) is 0 Å². The number of ether oxygens (including phenoxy) is 1. The highest BCUT2D eigenvalue weighted by molar-refractivity contribution is 9.10. The molecular weight excluding hydrogens is 348 g/mol. The van der Waals surface area contributed by atoms with Crippen LogP contribution in [0.5, 0.6) is 5.75 Å². The molecule has 0 saturated heterocycles. The van der Waals surface area contributed by atoms with Crippen molar-refractivity contribution in [2.24, 2.45) is 10.7 Å². The largest absolute Gasteiger partial charge is 0.496 e. The van der Waals surface area contributed by atoms with Gasteiger partial charge in [0.25, 0.3) is 0 Å². The van der Waals surface area contributed by atoms with Crippen LogP contribution in [0.4, 0.5) is 0 Å². The molecule has 2 aromatic carbocycles. The van der Waals surface area contributed by atoms with E-state index in [0.29, 0.717) is 11.7 Å². The average molecular weight is 365 g/mol. The van der Waals surface area contributed by atoms with Gasteiger partial charge in [0.2, 0.25) is 0 Å². The lowest BCUT2D eigenvalue weighted by molar-refractivity contribution is 0.410. The maximum atomic E-state index is 5.97. The minimum atomic E-state index is 0.527. The molecule has 3 nitrogen and oxygen atoms in total. The molecule has 0 atom stereocenters. The van der Waals surface area contributed by atoms with Crippen molar-refractivity contribution in [3.63, 3.8) is 0 Å².